The van der Waals surface area contributed by atoms with Crippen LogP contribution in [0, 0.1) is 0 Å². The van der Waals surface area contributed by atoms with Crippen LogP contribution in [0.2, 0.25) is 10.0 Å². The zero-order chi connectivity index (χ0) is 22.8. The molecule has 0 unspecified atom stereocenters. The van der Waals surface area contributed by atoms with E-state index >= 15 is 0 Å². The van der Waals surface area contributed by atoms with Gasteiger partial charge in [-0.05, 0) is 56.7 Å². The fraction of sp³-hybridized carbons (Fsp3) is 0.304. The van der Waals surface area contributed by atoms with Crippen LogP contribution in [-0.4, -0.2) is 43.0 Å². The quantitative estimate of drug-likeness (QED) is 0.484. The van der Waals surface area contributed by atoms with Gasteiger partial charge in [0.2, 0.25) is 11.8 Å². The number of ether oxygens (including phenoxy) is 2. The number of anilines is 1. The standard InChI is InChI=1S/C23H26Cl2N2O4/c1-4-27(15-21(28)26-23-17(24)8-7-9-18(23)25)22(29)13-11-16-10-12-19(30-5-2)20(14-16)31-6-3/h7-14H,4-6,15H2,1-3H3,(H,26,28)/b13-11+. The number of likely N-dealkylation sites (N-methyl/N-ethyl adjacent to an activating group) is 1. The van der Waals surface area contributed by atoms with Gasteiger partial charge in [0.15, 0.2) is 11.5 Å². The highest BCUT2D eigenvalue weighted by atomic mass is 35.5. The summed E-state index contributed by atoms with van der Waals surface area (Å²) in [7, 11) is 0. The van der Waals surface area contributed by atoms with Gasteiger partial charge in [0.05, 0.1) is 28.9 Å². The van der Waals surface area contributed by atoms with Crippen molar-refractivity contribution < 1.29 is 19.1 Å². The van der Waals surface area contributed by atoms with E-state index in [-0.39, 0.29) is 12.5 Å². The molecular formula is C23H26Cl2N2O4. The maximum Gasteiger partial charge on any atom is 0.247 e. The largest absolute Gasteiger partial charge is 0.490 e. The van der Waals surface area contributed by atoms with Gasteiger partial charge in [0.1, 0.15) is 6.54 Å². The van der Waals surface area contributed by atoms with Crippen LogP contribution < -0.4 is 14.8 Å². The van der Waals surface area contributed by atoms with Gasteiger partial charge in [-0.2, -0.15) is 0 Å². The maximum atomic E-state index is 12.6. The molecule has 0 aliphatic heterocycles. The van der Waals surface area contributed by atoms with Crippen LogP contribution in [0.15, 0.2) is 42.5 Å². The van der Waals surface area contributed by atoms with Crippen molar-refractivity contribution in [3.8, 4) is 11.5 Å². The molecule has 2 aromatic carbocycles. The third kappa shape index (κ3) is 7.19. The number of nitrogens with zero attached hydrogens (tertiary/aromatic N) is 1. The number of nitrogens with one attached hydrogen (secondary N) is 1. The Hall–Kier alpha value is -2.70. The summed E-state index contributed by atoms with van der Waals surface area (Å²) in [4.78, 5) is 26.4. The van der Waals surface area contributed by atoms with E-state index in [2.05, 4.69) is 5.32 Å². The second kappa shape index (κ2) is 12.2. The SMILES string of the molecule is CCOc1ccc(/C=C/C(=O)N(CC)CC(=O)Nc2c(Cl)cccc2Cl)cc1OCC. The van der Waals surface area contributed by atoms with Crippen LogP contribution in [0.4, 0.5) is 5.69 Å². The molecule has 166 valence electrons. The van der Waals surface area contributed by atoms with Gasteiger partial charge >= 0.3 is 0 Å². The summed E-state index contributed by atoms with van der Waals surface area (Å²) in [6.45, 7) is 6.85. The van der Waals surface area contributed by atoms with Crippen LogP contribution in [0.1, 0.15) is 26.3 Å². The van der Waals surface area contributed by atoms with E-state index in [9.17, 15) is 9.59 Å². The molecule has 0 aliphatic rings. The zero-order valence-electron chi connectivity index (χ0n) is 17.8. The van der Waals surface area contributed by atoms with Crippen molar-refractivity contribution in [3.05, 3.63) is 58.1 Å². The predicted molar refractivity (Wildman–Crippen MR) is 125 cm³/mol. The number of carbonyl (C=O) groups excluding carboxylic acids is 2. The predicted octanol–water partition coefficient (Wildman–Crippen LogP) is 5.29. The van der Waals surface area contributed by atoms with E-state index < -0.39 is 5.91 Å². The number of hydrogen-bond acceptors (Lipinski definition) is 4. The first-order chi connectivity index (χ1) is 14.9. The fourth-order valence-electron chi connectivity index (χ4n) is 2.76. The Balaban J connectivity index is 2.06. The lowest BCUT2D eigenvalue weighted by atomic mass is 10.2. The molecule has 6 nitrogen and oxygen atoms in total. The van der Waals surface area contributed by atoms with Crippen LogP contribution >= 0.6 is 23.2 Å². The minimum atomic E-state index is -0.390. The zero-order valence-corrected chi connectivity index (χ0v) is 19.3. The first-order valence-electron chi connectivity index (χ1n) is 10.00. The summed E-state index contributed by atoms with van der Waals surface area (Å²) >= 11 is 12.2. The van der Waals surface area contributed by atoms with Gasteiger partial charge in [0, 0.05) is 12.6 Å². The van der Waals surface area contributed by atoms with E-state index in [1.54, 1.807) is 43.3 Å². The van der Waals surface area contributed by atoms with Crippen molar-refractivity contribution in [1.29, 1.82) is 0 Å². The number of hydrogen-bond donors (Lipinski definition) is 1. The van der Waals surface area contributed by atoms with Crippen LogP contribution in [0.3, 0.4) is 0 Å². The molecule has 0 fully saturated rings. The summed E-state index contributed by atoms with van der Waals surface area (Å²) in [5.74, 6) is 0.577. The topological polar surface area (TPSA) is 67.9 Å². The summed E-state index contributed by atoms with van der Waals surface area (Å²) in [6.07, 6.45) is 3.09. The number of halogens is 2. The number of benzene rings is 2. The molecule has 31 heavy (non-hydrogen) atoms. The molecule has 1 N–H and O–H groups in total. The van der Waals surface area contributed by atoms with Crippen molar-refractivity contribution in [1.82, 2.24) is 4.90 Å². The summed E-state index contributed by atoms with van der Waals surface area (Å²) in [6, 6.07) is 10.4. The number of carbonyl (C=O) groups is 2. The third-order valence-electron chi connectivity index (χ3n) is 4.24. The van der Waals surface area contributed by atoms with Crippen molar-refractivity contribution in [2.75, 3.05) is 31.6 Å². The van der Waals surface area contributed by atoms with E-state index in [1.807, 2.05) is 19.9 Å². The Bertz CT molecular complexity index is 927. The first-order valence-corrected chi connectivity index (χ1v) is 10.8. The lowest BCUT2D eigenvalue weighted by molar-refractivity contribution is -0.130. The third-order valence-corrected chi connectivity index (χ3v) is 4.87. The molecular weight excluding hydrogens is 439 g/mol. The lowest BCUT2D eigenvalue weighted by Crippen LogP contribution is -2.37. The van der Waals surface area contributed by atoms with Crippen molar-refractivity contribution in [3.63, 3.8) is 0 Å². The molecule has 8 heteroatoms. The Kier molecular flexibility index (Phi) is 9.69. The Morgan fingerprint density at radius 3 is 2.26 bits per heavy atom. The average molecular weight is 465 g/mol. The molecule has 0 saturated heterocycles. The second-order valence-corrected chi connectivity index (χ2v) is 7.22. The maximum absolute atomic E-state index is 12.6. The summed E-state index contributed by atoms with van der Waals surface area (Å²) in [5.41, 5.74) is 1.11. The first kappa shape index (κ1) is 24.6. The molecule has 0 saturated carbocycles. The minimum absolute atomic E-state index is 0.130. The Morgan fingerprint density at radius 2 is 1.65 bits per heavy atom. The summed E-state index contributed by atoms with van der Waals surface area (Å²) in [5, 5.41) is 3.32. The monoisotopic (exact) mass is 464 g/mol. The molecule has 0 bridgehead atoms. The van der Waals surface area contributed by atoms with Crippen molar-refractivity contribution >= 4 is 46.8 Å². The molecule has 0 aromatic heterocycles. The smallest absolute Gasteiger partial charge is 0.247 e. The van der Waals surface area contributed by atoms with Gasteiger partial charge in [-0.1, -0.05) is 35.3 Å². The molecule has 0 aliphatic carbocycles. The van der Waals surface area contributed by atoms with Gasteiger partial charge in [-0.15, -0.1) is 0 Å². The molecule has 0 heterocycles. The fourth-order valence-corrected chi connectivity index (χ4v) is 3.25. The van der Waals surface area contributed by atoms with E-state index in [0.717, 1.165) is 5.56 Å². The highest BCUT2D eigenvalue weighted by molar-refractivity contribution is 6.39. The molecule has 2 amide bonds. The van der Waals surface area contributed by atoms with E-state index in [4.69, 9.17) is 32.7 Å². The van der Waals surface area contributed by atoms with Crippen molar-refractivity contribution in [2.24, 2.45) is 0 Å². The average Bonchev–Trinajstić information content (AvgIpc) is 2.75. The number of para-hydroxylation sites is 1. The molecule has 2 aromatic rings. The van der Waals surface area contributed by atoms with E-state index in [0.29, 0.717) is 47.0 Å². The number of amides is 2. The number of rotatable bonds is 10. The molecule has 2 rings (SSSR count). The van der Waals surface area contributed by atoms with E-state index in [1.165, 1.54) is 11.0 Å². The Morgan fingerprint density at radius 1 is 1.00 bits per heavy atom. The Labute approximate surface area is 192 Å². The summed E-state index contributed by atoms with van der Waals surface area (Å²) < 4.78 is 11.2. The highest BCUT2D eigenvalue weighted by Crippen LogP contribution is 2.30. The minimum Gasteiger partial charge on any atom is -0.490 e. The highest BCUT2D eigenvalue weighted by Gasteiger charge is 2.16. The van der Waals surface area contributed by atoms with Gasteiger partial charge < -0.3 is 19.7 Å². The van der Waals surface area contributed by atoms with Gasteiger partial charge in [0.25, 0.3) is 0 Å². The molecule has 0 atom stereocenters. The molecule has 0 radical (unpaired) electrons. The normalized spacial score (nSPS) is 10.7. The molecule has 0 spiro atoms. The lowest BCUT2D eigenvalue weighted by Gasteiger charge is -2.19. The van der Waals surface area contributed by atoms with Gasteiger partial charge in [-0.25, -0.2) is 0 Å². The van der Waals surface area contributed by atoms with Crippen molar-refractivity contribution in [2.45, 2.75) is 20.8 Å². The van der Waals surface area contributed by atoms with Crippen LogP contribution in [-0.2, 0) is 9.59 Å². The van der Waals surface area contributed by atoms with Crippen LogP contribution in [0.5, 0.6) is 11.5 Å². The van der Waals surface area contributed by atoms with Crippen LogP contribution in [0.25, 0.3) is 6.08 Å². The second-order valence-electron chi connectivity index (χ2n) is 6.40. The van der Waals surface area contributed by atoms with Gasteiger partial charge in [-0.3, -0.25) is 9.59 Å².